The van der Waals surface area contributed by atoms with E-state index in [1.165, 1.54) is 6.07 Å². The number of carbonyl (C=O) groups is 1. The van der Waals surface area contributed by atoms with E-state index in [9.17, 15) is 26.7 Å². The number of benzene rings is 2. The number of anilines is 3. The van der Waals surface area contributed by atoms with E-state index in [1.54, 1.807) is 4.90 Å². The Bertz CT molecular complexity index is 867. The molecule has 5 nitrogen and oxygen atoms in total. The van der Waals surface area contributed by atoms with Crippen LogP contribution in [0, 0.1) is 11.6 Å². The van der Waals surface area contributed by atoms with E-state index < -0.39 is 35.1 Å². The number of nitrogens with one attached hydrogen (secondary N) is 2. The lowest BCUT2D eigenvalue weighted by atomic mass is 10.1. The molecule has 1 fully saturated rings. The number of hydrogen-bond donors (Lipinski definition) is 2. The second kappa shape index (κ2) is 8.01. The van der Waals surface area contributed by atoms with Gasteiger partial charge < -0.3 is 20.3 Å². The van der Waals surface area contributed by atoms with Gasteiger partial charge in [-0.3, -0.25) is 0 Å². The maximum atomic E-state index is 13.7. The van der Waals surface area contributed by atoms with Gasteiger partial charge in [0.05, 0.1) is 35.8 Å². The maximum Gasteiger partial charge on any atom is 0.416 e. The number of amides is 2. The molecule has 3 rings (SSSR count). The van der Waals surface area contributed by atoms with E-state index in [-0.39, 0.29) is 5.69 Å². The van der Waals surface area contributed by atoms with Crippen LogP contribution in [0.15, 0.2) is 36.4 Å². The molecule has 150 valence electrons. The second-order valence-corrected chi connectivity index (χ2v) is 6.03. The Morgan fingerprint density at radius 1 is 0.964 bits per heavy atom. The highest BCUT2D eigenvalue weighted by atomic mass is 19.4. The highest BCUT2D eigenvalue weighted by Gasteiger charge is 2.32. The van der Waals surface area contributed by atoms with Crippen LogP contribution < -0.4 is 15.5 Å². The highest BCUT2D eigenvalue weighted by Crippen LogP contribution is 2.36. The molecule has 0 unspecified atom stereocenters. The predicted molar refractivity (Wildman–Crippen MR) is 93.5 cm³/mol. The standard InChI is InChI=1S/C18H16F5N3O2/c19-12-2-3-13(20)14(10-12)24-17(27)25-15-9-11(18(21,22)23)1-4-16(15)26-5-7-28-8-6-26/h1-4,9-10H,5-8H2,(H2,24,25,27). The van der Waals surface area contributed by atoms with E-state index in [0.717, 1.165) is 30.3 Å². The summed E-state index contributed by atoms with van der Waals surface area (Å²) in [5.74, 6) is -1.65. The molecule has 0 radical (unpaired) electrons. The smallest absolute Gasteiger partial charge is 0.378 e. The summed E-state index contributed by atoms with van der Waals surface area (Å²) in [6, 6.07) is 4.44. The summed E-state index contributed by atoms with van der Waals surface area (Å²) in [5, 5.41) is 4.39. The lowest BCUT2D eigenvalue weighted by Crippen LogP contribution is -2.37. The van der Waals surface area contributed by atoms with Crippen molar-refractivity contribution in [3.63, 3.8) is 0 Å². The number of alkyl halides is 3. The summed E-state index contributed by atoms with van der Waals surface area (Å²) in [5.41, 5.74) is -1.12. The lowest BCUT2D eigenvalue weighted by Gasteiger charge is -2.31. The third kappa shape index (κ3) is 4.69. The molecule has 2 N–H and O–H groups in total. The molecular formula is C18H16F5N3O2. The molecule has 2 amide bonds. The number of nitrogens with zero attached hydrogens (tertiary/aromatic N) is 1. The summed E-state index contributed by atoms with van der Waals surface area (Å²) in [7, 11) is 0. The minimum absolute atomic E-state index is 0.106. The zero-order chi connectivity index (χ0) is 20.3. The van der Waals surface area contributed by atoms with Crippen LogP contribution in [0.1, 0.15) is 5.56 Å². The Kier molecular flexibility index (Phi) is 5.68. The number of morpholine rings is 1. The van der Waals surface area contributed by atoms with Gasteiger partial charge in [0.1, 0.15) is 11.6 Å². The number of rotatable bonds is 3. The van der Waals surface area contributed by atoms with Crippen LogP contribution in [-0.4, -0.2) is 32.3 Å². The maximum absolute atomic E-state index is 13.7. The van der Waals surface area contributed by atoms with Crippen LogP contribution >= 0.6 is 0 Å². The molecule has 0 saturated carbocycles. The van der Waals surface area contributed by atoms with Crippen molar-refractivity contribution >= 4 is 23.1 Å². The first-order valence-electron chi connectivity index (χ1n) is 8.31. The van der Waals surface area contributed by atoms with E-state index >= 15 is 0 Å². The fraction of sp³-hybridized carbons (Fsp3) is 0.278. The van der Waals surface area contributed by atoms with Gasteiger partial charge >= 0.3 is 12.2 Å². The molecule has 1 aliphatic heterocycles. The summed E-state index contributed by atoms with van der Waals surface area (Å²) in [6.45, 7) is 1.64. The van der Waals surface area contributed by atoms with E-state index in [2.05, 4.69) is 10.6 Å². The van der Waals surface area contributed by atoms with E-state index in [4.69, 9.17) is 4.74 Å². The molecule has 1 aliphatic rings. The molecule has 0 bridgehead atoms. The molecule has 1 saturated heterocycles. The van der Waals surface area contributed by atoms with Crippen LogP contribution in [0.5, 0.6) is 0 Å². The van der Waals surface area contributed by atoms with Crippen LogP contribution in [0.2, 0.25) is 0 Å². The minimum atomic E-state index is -4.61. The Hall–Kier alpha value is -2.88. The van der Waals surface area contributed by atoms with Gasteiger partial charge in [-0.05, 0) is 30.3 Å². The number of carbonyl (C=O) groups excluding carboxylic acids is 1. The first-order chi connectivity index (χ1) is 13.2. The van der Waals surface area contributed by atoms with Crippen LogP contribution in [0.3, 0.4) is 0 Å². The fourth-order valence-corrected chi connectivity index (χ4v) is 2.76. The van der Waals surface area contributed by atoms with Crippen molar-refractivity contribution < 1.29 is 31.5 Å². The van der Waals surface area contributed by atoms with Gasteiger partial charge in [-0.2, -0.15) is 13.2 Å². The zero-order valence-electron chi connectivity index (χ0n) is 14.4. The summed E-state index contributed by atoms with van der Waals surface area (Å²) < 4.78 is 71.3. The third-order valence-corrected chi connectivity index (χ3v) is 4.10. The average molecular weight is 401 g/mol. The average Bonchev–Trinajstić information content (AvgIpc) is 2.64. The van der Waals surface area contributed by atoms with Crippen molar-refractivity contribution in [2.45, 2.75) is 6.18 Å². The van der Waals surface area contributed by atoms with Crippen LogP contribution in [-0.2, 0) is 10.9 Å². The SMILES string of the molecule is O=C(Nc1cc(F)ccc1F)Nc1cc(C(F)(F)F)ccc1N1CCOCC1. The number of halogens is 5. The summed E-state index contributed by atoms with van der Waals surface area (Å²) >= 11 is 0. The van der Waals surface area contributed by atoms with Gasteiger partial charge in [0.2, 0.25) is 0 Å². The molecule has 2 aromatic carbocycles. The van der Waals surface area contributed by atoms with Crippen molar-refractivity contribution in [3.8, 4) is 0 Å². The largest absolute Gasteiger partial charge is 0.416 e. The normalized spacial score (nSPS) is 14.7. The van der Waals surface area contributed by atoms with Gasteiger partial charge in [-0.25, -0.2) is 13.6 Å². The van der Waals surface area contributed by atoms with E-state index in [0.29, 0.717) is 32.0 Å². The van der Waals surface area contributed by atoms with Crippen LogP contribution in [0.25, 0.3) is 0 Å². The summed E-state index contributed by atoms with van der Waals surface area (Å²) in [6.07, 6.45) is -4.61. The zero-order valence-corrected chi connectivity index (χ0v) is 14.4. The first kappa shape index (κ1) is 19.9. The van der Waals surface area contributed by atoms with Crippen molar-refractivity contribution in [2.24, 2.45) is 0 Å². The number of urea groups is 1. The Morgan fingerprint density at radius 3 is 2.32 bits per heavy atom. The fourth-order valence-electron chi connectivity index (χ4n) is 2.76. The molecule has 1 heterocycles. The number of ether oxygens (including phenoxy) is 1. The quantitative estimate of drug-likeness (QED) is 0.747. The minimum Gasteiger partial charge on any atom is -0.378 e. The van der Waals surface area contributed by atoms with Crippen molar-refractivity contribution in [3.05, 3.63) is 53.6 Å². The van der Waals surface area contributed by atoms with Gasteiger partial charge in [0.25, 0.3) is 0 Å². The second-order valence-electron chi connectivity index (χ2n) is 6.03. The molecule has 2 aromatic rings. The van der Waals surface area contributed by atoms with Crippen molar-refractivity contribution in [1.29, 1.82) is 0 Å². The van der Waals surface area contributed by atoms with Crippen molar-refractivity contribution in [1.82, 2.24) is 0 Å². The summed E-state index contributed by atoms with van der Waals surface area (Å²) in [4.78, 5) is 14.0. The third-order valence-electron chi connectivity index (χ3n) is 4.10. The Balaban J connectivity index is 1.87. The molecule has 0 aromatic heterocycles. The molecule has 0 spiro atoms. The van der Waals surface area contributed by atoms with Gasteiger partial charge in [-0.1, -0.05) is 0 Å². The predicted octanol–water partition coefficient (Wildman–Crippen LogP) is 4.46. The Morgan fingerprint density at radius 2 is 1.64 bits per heavy atom. The van der Waals surface area contributed by atoms with Gasteiger partial charge in [-0.15, -0.1) is 0 Å². The van der Waals surface area contributed by atoms with Crippen molar-refractivity contribution in [2.75, 3.05) is 41.8 Å². The molecule has 28 heavy (non-hydrogen) atoms. The van der Waals surface area contributed by atoms with Gasteiger partial charge in [0, 0.05) is 19.2 Å². The van der Waals surface area contributed by atoms with Crippen LogP contribution in [0.4, 0.5) is 43.8 Å². The van der Waals surface area contributed by atoms with Gasteiger partial charge in [0.15, 0.2) is 0 Å². The topological polar surface area (TPSA) is 53.6 Å². The molecular weight excluding hydrogens is 385 g/mol. The lowest BCUT2D eigenvalue weighted by molar-refractivity contribution is -0.137. The van der Waals surface area contributed by atoms with E-state index in [1.807, 2.05) is 0 Å². The monoisotopic (exact) mass is 401 g/mol. The Labute approximate surface area is 157 Å². The molecule has 0 aliphatic carbocycles. The number of hydrogen-bond acceptors (Lipinski definition) is 3. The molecule has 0 atom stereocenters. The highest BCUT2D eigenvalue weighted by molar-refractivity contribution is 6.02. The first-order valence-corrected chi connectivity index (χ1v) is 8.31. The molecule has 10 heteroatoms.